The van der Waals surface area contributed by atoms with Crippen molar-refractivity contribution in [3.05, 3.63) is 83.4 Å². The summed E-state index contributed by atoms with van der Waals surface area (Å²) in [5.74, 6) is -0.121. The van der Waals surface area contributed by atoms with Gasteiger partial charge in [0.1, 0.15) is 5.01 Å². The Morgan fingerprint density at radius 2 is 1.81 bits per heavy atom. The van der Waals surface area contributed by atoms with E-state index >= 15 is 0 Å². The van der Waals surface area contributed by atoms with E-state index in [9.17, 15) is 4.79 Å². The first-order chi connectivity index (χ1) is 12.7. The van der Waals surface area contributed by atoms with Crippen LogP contribution < -0.4 is 5.32 Å². The van der Waals surface area contributed by atoms with Crippen LogP contribution in [0.4, 0.5) is 0 Å². The monoisotopic (exact) mass is 358 g/mol. The van der Waals surface area contributed by atoms with E-state index in [1.54, 1.807) is 23.5 Å². The molecular formula is C22H18N2OS. The fourth-order valence-electron chi connectivity index (χ4n) is 3.08. The molecule has 0 bridgehead atoms. The van der Waals surface area contributed by atoms with Gasteiger partial charge in [-0.3, -0.25) is 4.79 Å². The molecule has 0 saturated heterocycles. The van der Waals surface area contributed by atoms with Gasteiger partial charge in [-0.1, -0.05) is 54.6 Å². The summed E-state index contributed by atoms with van der Waals surface area (Å²) in [5, 5.41) is 6.22. The van der Waals surface area contributed by atoms with Crippen molar-refractivity contribution in [1.82, 2.24) is 10.3 Å². The fourth-order valence-corrected chi connectivity index (χ4v) is 3.95. The van der Waals surface area contributed by atoms with Crippen LogP contribution in [0, 0.1) is 0 Å². The Morgan fingerprint density at radius 1 is 1.04 bits per heavy atom. The van der Waals surface area contributed by atoms with Gasteiger partial charge >= 0.3 is 0 Å². The molecule has 0 fully saturated rings. The second-order valence-electron chi connectivity index (χ2n) is 6.15. The zero-order valence-electron chi connectivity index (χ0n) is 14.3. The lowest BCUT2D eigenvalue weighted by atomic mass is 10.00. The number of aromatic nitrogens is 1. The lowest BCUT2D eigenvalue weighted by Gasteiger charge is -2.15. The molecule has 0 saturated carbocycles. The van der Waals surface area contributed by atoms with E-state index in [1.807, 2.05) is 49.4 Å². The van der Waals surface area contributed by atoms with E-state index in [2.05, 4.69) is 34.6 Å². The summed E-state index contributed by atoms with van der Waals surface area (Å²) >= 11 is 1.58. The Kier molecular flexibility index (Phi) is 4.50. The van der Waals surface area contributed by atoms with Gasteiger partial charge in [0.05, 0.1) is 16.3 Å². The highest BCUT2D eigenvalue weighted by atomic mass is 32.1. The number of carbonyl (C=O) groups excluding carboxylic acids is 1. The molecule has 1 amide bonds. The van der Waals surface area contributed by atoms with E-state index in [1.165, 1.54) is 5.39 Å². The summed E-state index contributed by atoms with van der Waals surface area (Å²) in [6.07, 6.45) is 3.33. The molecule has 3 nitrogen and oxygen atoms in total. The highest BCUT2D eigenvalue weighted by Crippen LogP contribution is 2.24. The maximum absolute atomic E-state index is 12.3. The number of carbonyl (C=O) groups is 1. The Labute approximate surface area is 156 Å². The molecule has 0 spiro atoms. The topological polar surface area (TPSA) is 42.0 Å². The molecule has 1 atom stereocenters. The molecule has 0 aliphatic heterocycles. The predicted molar refractivity (Wildman–Crippen MR) is 109 cm³/mol. The molecule has 26 heavy (non-hydrogen) atoms. The number of rotatable bonds is 4. The molecule has 4 rings (SSSR count). The average Bonchev–Trinajstić information content (AvgIpc) is 3.09. The van der Waals surface area contributed by atoms with E-state index in [0.717, 1.165) is 26.2 Å². The smallest absolute Gasteiger partial charge is 0.244 e. The van der Waals surface area contributed by atoms with Gasteiger partial charge in [-0.2, -0.15) is 0 Å². The van der Waals surface area contributed by atoms with Crippen LogP contribution in [0.2, 0.25) is 0 Å². The standard InChI is InChI=1S/C22H18N2OS/c1-15(17-10-6-8-16-7-2-3-9-18(16)17)23-21(25)13-14-22-24-19-11-4-5-12-20(19)26-22/h2-15H,1H3,(H,23,25)/b14-13+. The third kappa shape index (κ3) is 3.37. The Bertz CT molecular complexity index is 1070. The molecule has 3 aromatic carbocycles. The number of nitrogens with one attached hydrogen (secondary N) is 1. The minimum Gasteiger partial charge on any atom is -0.346 e. The lowest BCUT2D eigenvalue weighted by Crippen LogP contribution is -2.24. The van der Waals surface area contributed by atoms with Crippen molar-refractivity contribution < 1.29 is 4.79 Å². The molecule has 0 radical (unpaired) electrons. The van der Waals surface area contributed by atoms with Crippen LogP contribution in [0.15, 0.2) is 72.8 Å². The van der Waals surface area contributed by atoms with Crippen molar-refractivity contribution in [2.75, 3.05) is 0 Å². The van der Waals surface area contributed by atoms with Crippen LogP contribution in [-0.2, 0) is 4.79 Å². The van der Waals surface area contributed by atoms with Gasteiger partial charge in [0.15, 0.2) is 0 Å². The Morgan fingerprint density at radius 3 is 2.69 bits per heavy atom. The number of para-hydroxylation sites is 1. The van der Waals surface area contributed by atoms with Gasteiger partial charge in [0, 0.05) is 6.08 Å². The Hall–Kier alpha value is -2.98. The van der Waals surface area contributed by atoms with E-state index in [-0.39, 0.29) is 11.9 Å². The number of hydrogen-bond donors (Lipinski definition) is 1. The third-order valence-corrected chi connectivity index (χ3v) is 5.34. The van der Waals surface area contributed by atoms with Crippen LogP contribution >= 0.6 is 11.3 Å². The SMILES string of the molecule is CC(NC(=O)/C=C/c1nc2ccccc2s1)c1cccc2ccccc12. The van der Waals surface area contributed by atoms with Crippen molar-refractivity contribution in [1.29, 1.82) is 0 Å². The van der Waals surface area contributed by atoms with Crippen LogP contribution in [-0.4, -0.2) is 10.9 Å². The number of hydrogen-bond acceptors (Lipinski definition) is 3. The summed E-state index contributed by atoms with van der Waals surface area (Å²) < 4.78 is 1.12. The normalized spacial score (nSPS) is 12.7. The van der Waals surface area contributed by atoms with E-state index in [0.29, 0.717) is 0 Å². The lowest BCUT2D eigenvalue weighted by molar-refractivity contribution is -0.117. The zero-order valence-corrected chi connectivity index (χ0v) is 15.2. The third-order valence-electron chi connectivity index (χ3n) is 4.34. The zero-order chi connectivity index (χ0) is 17.9. The first-order valence-corrected chi connectivity index (χ1v) is 9.34. The van der Waals surface area contributed by atoms with Crippen molar-refractivity contribution in [2.24, 2.45) is 0 Å². The minimum atomic E-state index is -0.121. The van der Waals surface area contributed by atoms with Crippen LogP contribution in [0.25, 0.3) is 27.1 Å². The van der Waals surface area contributed by atoms with Crippen molar-refractivity contribution in [3.8, 4) is 0 Å². The summed E-state index contributed by atoms with van der Waals surface area (Å²) in [4.78, 5) is 16.8. The van der Waals surface area contributed by atoms with Crippen LogP contribution in [0.5, 0.6) is 0 Å². The maximum atomic E-state index is 12.3. The van der Waals surface area contributed by atoms with Gasteiger partial charge in [-0.05, 0) is 41.5 Å². The second kappa shape index (κ2) is 7.10. The van der Waals surface area contributed by atoms with Gasteiger partial charge in [0.25, 0.3) is 0 Å². The summed E-state index contributed by atoms with van der Waals surface area (Å²) in [6.45, 7) is 2.01. The predicted octanol–water partition coefficient (Wildman–Crippen LogP) is 5.34. The first kappa shape index (κ1) is 16.5. The number of fused-ring (bicyclic) bond motifs is 2. The van der Waals surface area contributed by atoms with Gasteiger partial charge in [0.2, 0.25) is 5.91 Å². The number of nitrogens with zero attached hydrogens (tertiary/aromatic N) is 1. The molecular weight excluding hydrogens is 340 g/mol. The van der Waals surface area contributed by atoms with Crippen molar-refractivity contribution in [3.63, 3.8) is 0 Å². The number of benzene rings is 3. The quantitative estimate of drug-likeness (QED) is 0.500. The highest BCUT2D eigenvalue weighted by molar-refractivity contribution is 7.19. The van der Waals surface area contributed by atoms with Gasteiger partial charge in [-0.15, -0.1) is 11.3 Å². The largest absolute Gasteiger partial charge is 0.346 e. The van der Waals surface area contributed by atoms with Gasteiger partial charge < -0.3 is 5.32 Å². The van der Waals surface area contributed by atoms with E-state index in [4.69, 9.17) is 0 Å². The molecule has 1 aromatic heterocycles. The summed E-state index contributed by atoms with van der Waals surface area (Å²) in [5.41, 5.74) is 2.08. The molecule has 1 heterocycles. The van der Waals surface area contributed by atoms with Gasteiger partial charge in [-0.25, -0.2) is 4.98 Å². The van der Waals surface area contributed by atoms with Crippen molar-refractivity contribution >= 4 is 44.3 Å². The molecule has 0 aliphatic rings. The van der Waals surface area contributed by atoms with Crippen LogP contribution in [0.1, 0.15) is 23.5 Å². The number of amides is 1. The van der Waals surface area contributed by atoms with Crippen molar-refractivity contribution in [2.45, 2.75) is 13.0 Å². The molecule has 1 N–H and O–H groups in total. The molecule has 1 unspecified atom stereocenters. The summed E-state index contributed by atoms with van der Waals surface area (Å²) in [7, 11) is 0. The molecule has 4 aromatic rings. The number of thiazole rings is 1. The first-order valence-electron chi connectivity index (χ1n) is 8.52. The molecule has 0 aliphatic carbocycles. The second-order valence-corrected chi connectivity index (χ2v) is 7.21. The Balaban J connectivity index is 1.50. The minimum absolute atomic E-state index is 0.0754. The van der Waals surface area contributed by atoms with Crippen LogP contribution in [0.3, 0.4) is 0 Å². The average molecular weight is 358 g/mol. The summed E-state index contributed by atoms with van der Waals surface area (Å²) in [6, 6.07) is 22.3. The fraction of sp³-hybridized carbons (Fsp3) is 0.0909. The van der Waals surface area contributed by atoms with E-state index < -0.39 is 0 Å². The highest BCUT2D eigenvalue weighted by Gasteiger charge is 2.11. The molecule has 128 valence electrons. The molecule has 4 heteroatoms. The maximum Gasteiger partial charge on any atom is 0.244 e.